The summed E-state index contributed by atoms with van der Waals surface area (Å²) < 4.78 is 0. The molecule has 4 rings (SSSR count). The number of H-pyrrole nitrogens is 1. The van der Waals surface area contributed by atoms with E-state index >= 15 is 0 Å². The van der Waals surface area contributed by atoms with Gasteiger partial charge in [0.25, 0.3) is 5.91 Å². The summed E-state index contributed by atoms with van der Waals surface area (Å²) in [5.74, 6) is 0.408. The monoisotopic (exact) mass is 537 g/mol. The summed E-state index contributed by atoms with van der Waals surface area (Å²) >= 11 is 0. The van der Waals surface area contributed by atoms with Crippen molar-refractivity contribution in [1.82, 2.24) is 25.1 Å². The molecular weight excluding hydrogens is 494 g/mol. The van der Waals surface area contributed by atoms with Gasteiger partial charge in [-0.15, -0.1) is 0 Å². The number of carbonyl (C=O) groups is 3. The van der Waals surface area contributed by atoms with Gasteiger partial charge in [-0.2, -0.15) is 0 Å². The lowest BCUT2D eigenvalue weighted by molar-refractivity contribution is -0.140. The van der Waals surface area contributed by atoms with Crippen LogP contribution in [0.5, 0.6) is 0 Å². The van der Waals surface area contributed by atoms with Crippen molar-refractivity contribution in [3.05, 3.63) is 53.6 Å². The predicted molar refractivity (Wildman–Crippen MR) is 149 cm³/mol. The van der Waals surface area contributed by atoms with Crippen LogP contribution in [0, 0.1) is 11.3 Å². The Morgan fingerprint density at radius 1 is 1.18 bits per heavy atom. The molecule has 1 saturated heterocycles. The Hall–Kier alpha value is -3.20. The van der Waals surface area contributed by atoms with Crippen LogP contribution in [0.1, 0.15) is 87.7 Å². The SMILES string of the molecule is CC(=O)N[C@H](C(=O)N1C[C@H](O)C[C@H]1c1ncc(C(=O)N(CCCCc2ccccc2)CC2CC2)[nH]1)C(C)(C)C. The molecule has 2 fully saturated rings. The van der Waals surface area contributed by atoms with E-state index in [9.17, 15) is 19.5 Å². The van der Waals surface area contributed by atoms with Gasteiger partial charge in [-0.25, -0.2) is 4.98 Å². The van der Waals surface area contributed by atoms with Crippen molar-refractivity contribution in [3.63, 3.8) is 0 Å². The van der Waals surface area contributed by atoms with Crippen molar-refractivity contribution in [3.8, 4) is 0 Å². The highest BCUT2D eigenvalue weighted by Crippen LogP contribution is 2.34. The third-order valence-electron chi connectivity index (χ3n) is 7.61. The molecular formula is C30H43N5O4. The van der Waals surface area contributed by atoms with Crippen LogP contribution in [-0.4, -0.2) is 74.4 Å². The van der Waals surface area contributed by atoms with E-state index in [1.54, 1.807) is 11.1 Å². The number of imidazole rings is 1. The Labute approximate surface area is 231 Å². The van der Waals surface area contributed by atoms with Gasteiger partial charge in [-0.3, -0.25) is 14.4 Å². The molecule has 1 saturated carbocycles. The highest BCUT2D eigenvalue weighted by Gasteiger charge is 2.43. The minimum absolute atomic E-state index is 0.0809. The lowest BCUT2D eigenvalue weighted by Crippen LogP contribution is -2.54. The second-order valence-electron chi connectivity index (χ2n) is 12.2. The highest BCUT2D eigenvalue weighted by atomic mass is 16.3. The summed E-state index contributed by atoms with van der Waals surface area (Å²) in [5, 5.41) is 13.2. The first-order chi connectivity index (χ1) is 18.5. The van der Waals surface area contributed by atoms with Crippen LogP contribution >= 0.6 is 0 Å². The number of nitrogens with one attached hydrogen (secondary N) is 2. The number of hydrogen-bond donors (Lipinski definition) is 3. The van der Waals surface area contributed by atoms with E-state index in [1.165, 1.54) is 12.5 Å². The first-order valence-electron chi connectivity index (χ1n) is 14.2. The zero-order chi connectivity index (χ0) is 28.2. The molecule has 0 spiro atoms. The van der Waals surface area contributed by atoms with Crippen LogP contribution in [0.25, 0.3) is 0 Å². The highest BCUT2D eigenvalue weighted by molar-refractivity contribution is 5.92. The van der Waals surface area contributed by atoms with Crippen molar-refractivity contribution in [1.29, 1.82) is 0 Å². The van der Waals surface area contributed by atoms with Gasteiger partial charge < -0.3 is 25.2 Å². The number of nitrogens with zero attached hydrogens (tertiary/aromatic N) is 3. The molecule has 2 heterocycles. The first-order valence-corrected chi connectivity index (χ1v) is 14.2. The summed E-state index contributed by atoms with van der Waals surface area (Å²) in [6, 6.07) is 9.13. The van der Waals surface area contributed by atoms with Crippen LogP contribution in [0.4, 0.5) is 0 Å². The maximum atomic E-state index is 13.6. The third kappa shape index (κ3) is 7.68. The largest absolute Gasteiger partial charge is 0.391 e. The molecule has 2 aromatic rings. The number of aliphatic hydroxyl groups excluding tert-OH is 1. The summed E-state index contributed by atoms with van der Waals surface area (Å²) in [4.78, 5) is 50.1. The minimum Gasteiger partial charge on any atom is -0.391 e. The number of β-amino-alcohol motifs (C(OH)–C–C–N with tert-alkyl or cyclic N) is 1. The lowest BCUT2D eigenvalue weighted by atomic mass is 9.85. The summed E-state index contributed by atoms with van der Waals surface area (Å²) in [6.45, 7) is 8.65. The maximum absolute atomic E-state index is 13.6. The molecule has 9 heteroatoms. The zero-order valence-electron chi connectivity index (χ0n) is 23.7. The Kier molecular flexibility index (Phi) is 9.10. The molecule has 3 atom stereocenters. The summed E-state index contributed by atoms with van der Waals surface area (Å²) in [6.07, 6.45) is 6.37. The Bertz CT molecular complexity index is 1140. The third-order valence-corrected chi connectivity index (χ3v) is 7.61. The maximum Gasteiger partial charge on any atom is 0.271 e. The smallest absolute Gasteiger partial charge is 0.271 e. The molecule has 0 unspecified atom stereocenters. The Morgan fingerprint density at radius 2 is 1.90 bits per heavy atom. The molecule has 9 nitrogen and oxygen atoms in total. The molecule has 1 aromatic carbocycles. The van der Waals surface area contributed by atoms with E-state index in [2.05, 4.69) is 39.6 Å². The lowest BCUT2D eigenvalue weighted by Gasteiger charge is -2.35. The van der Waals surface area contributed by atoms with Gasteiger partial charge in [-0.1, -0.05) is 51.1 Å². The van der Waals surface area contributed by atoms with Crippen molar-refractivity contribution in [2.75, 3.05) is 19.6 Å². The number of amides is 3. The standard InChI is InChI=1S/C30H43N5O4/c1-20(36)32-26(30(2,3)4)29(39)35-19-23(37)16-25(35)27-31-17-24(33-27)28(38)34(18-22-13-14-22)15-9-8-12-21-10-6-5-7-11-21/h5-7,10-11,17,22-23,25-26,37H,8-9,12-16,18-19H2,1-4H3,(H,31,33)(H,32,36)/t23-,25+,26-/m1/s1. The molecule has 1 aliphatic carbocycles. The quantitative estimate of drug-likeness (QED) is 0.379. The van der Waals surface area contributed by atoms with Gasteiger partial charge in [0.2, 0.25) is 11.8 Å². The molecule has 3 amide bonds. The molecule has 39 heavy (non-hydrogen) atoms. The number of rotatable bonds is 11. The molecule has 3 N–H and O–H groups in total. The number of aryl methyl sites for hydroxylation is 1. The normalized spacial score (nSPS) is 20.1. The predicted octanol–water partition coefficient (Wildman–Crippen LogP) is 3.47. The van der Waals surface area contributed by atoms with Crippen LogP contribution in [0.15, 0.2) is 36.5 Å². The zero-order valence-corrected chi connectivity index (χ0v) is 23.7. The molecule has 2 aliphatic rings. The summed E-state index contributed by atoms with van der Waals surface area (Å²) in [7, 11) is 0. The van der Waals surface area contributed by atoms with Crippen LogP contribution in [0.3, 0.4) is 0 Å². The number of aromatic amines is 1. The van der Waals surface area contributed by atoms with Crippen molar-refractivity contribution >= 4 is 17.7 Å². The average Bonchev–Trinajstić information content (AvgIpc) is 3.41. The van der Waals surface area contributed by atoms with E-state index < -0.39 is 23.6 Å². The number of hydrogen-bond acceptors (Lipinski definition) is 5. The molecule has 0 radical (unpaired) electrons. The first kappa shape index (κ1) is 28.8. The van der Waals surface area contributed by atoms with Crippen LogP contribution in [-0.2, 0) is 16.0 Å². The van der Waals surface area contributed by atoms with Crippen molar-refractivity contribution in [2.45, 2.75) is 84.4 Å². The van der Waals surface area contributed by atoms with Crippen LogP contribution < -0.4 is 5.32 Å². The number of aromatic nitrogens is 2. The second kappa shape index (κ2) is 12.3. The van der Waals surface area contributed by atoms with Crippen molar-refractivity contribution < 1.29 is 19.5 Å². The van der Waals surface area contributed by atoms with Crippen LogP contribution in [0.2, 0.25) is 0 Å². The molecule has 212 valence electrons. The Morgan fingerprint density at radius 3 is 2.54 bits per heavy atom. The number of likely N-dealkylation sites (tertiary alicyclic amines) is 1. The van der Waals surface area contributed by atoms with E-state index in [0.717, 1.165) is 38.6 Å². The van der Waals surface area contributed by atoms with E-state index in [4.69, 9.17) is 0 Å². The number of carbonyl (C=O) groups excluding carboxylic acids is 3. The van der Waals surface area contributed by atoms with Crippen molar-refractivity contribution in [2.24, 2.45) is 11.3 Å². The van der Waals surface area contributed by atoms with Gasteiger partial charge in [0.15, 0.2) is 0 Å². The average molecular weight is 538 g/mol. The fourth-order valence-corrected chi connectivity index (χ4v) is 5.28. The fraction of sp³-hybridized carbons (Fsp3) is 0.600. The fourth-order valence-electron chi connectivity index (χ4n) is 5.28. The number of benzene rings is 1. The number of aliphatic hydroxyl groups is 1. The summed E-state index contributed by atoms with van der Waals surface area (Å²) in [5.41, 5.74) is 1.19. The van der Waals surface area contributed by atoms with E-state index in [0.29, 0.717) is 30.4 Å². The number of unbranched alkanes of at least 4 members (excludes halogenated alkanes) is 1. The Balaban J connectivity index is 1.44. The molecule has 1 aromatic heterocycles. The van der Waals surface area contributed by atoms with E-state index in [-0.39, 0.29) is 24.3 Å². The van der Waals surface area contributed by atoms with Gasteiger partial charge in [-0.05, 0) is 49.0 Å². The van der Waals surface area contributed by atoms with Gasteiger partial charge in [0.05, 0.1) is 18.3 Å². The van der Waals surface area contributed by atoms with Gasteiger partial charge in [0, 0.05) is 33.0 Å². The minimum atomic E-state index is -0.746. The topological polar surface area (TPSA) is 119 Å². The molecule has 1 aliphatic heterocycles. The molecule has 0 bridgehead atoms. The van der Waals surface area contributed by atoms with Gasteiger partial charge >= 0.3 is 0 Å². The van der Waals surface area contributed by atoms with E-state index in [1.807, 2.05) is 31.7 Å². The van der Waals surface area contributed by atoms with Gasteiger partial charge in [0.1, 0.15) is 17.6 Å². The second-order valence-corrected chi connectivity index (χ2v) is 12.2.